The van der Waals surface area contributed by atoms with Gasteiger partial charge in [-0.25, -0.2) is 0 Å². The number of benzene rings is 1. The Morgan fingerprint density at radius 1 is 1.09 bits per heavy atom. The van der Waals surface area contributed by atoms with Gasteiger partial charge in [-0.05, 0) is 30.7 Å². The molecule has 0 spiro atoms. The Morgan fingerprint density at radius 2 is 1.73 bits per heavy atom. The van der Waals surface area contributed by atoms with Gasteiger partial charge in [-0.15, -0.1) is 23.5 Å². The van der Waals surface area contributed by atoms with Crippen molar-refractivity contribution in [2.24, 2.45) is 0 Å². The van der Waals surface area contributed by atoms with Crippen LogP contribution in [0, 0.1) is 0 Å². The van der Waals surface area contributed by atoms with E-state index in [4.69, 9.17) is 0 Å². The molecule has 0 fully saturated rings. The van der Waals surface area contributed by atoms with E-state index in [1.165, 1.54) is 9.79 Å². The van der Waals surface area contributed by atoms with Crippen LogP contribution in [0.3, 0.4) is 0 Å². The lowest BCUT2D eigenvalue weighted by molar-refractivity contribution is 1.24. The quantitative estimate of drug-likeness (QED) is 0.729. The molecule has 0 N–H and O–H groups in total. The summed E-state index contributed by atoms with van der Waals surface area (Å²) in [6, 6.07) is 6.36. The van der Waals surface area contributed by atoms with Gasteiger partial charge in [-0.1, -0.05) is 15.9 Å². The minimum Gasteiger partial charge on any atom is -0.128 e. The third-order valence-corrected chi connectivity index (χ3v) is 3.54. The maximum absolute atomic E-state index is 3.44. The second-order valence-corrected chi connectivity index (χ2v) is 4.61. The van der Waals surface area contributed by atoms with Crippen LogP contribution in [0.5, 0.6) is 0 Å². The monoisotopic (exact) mass is 248 g/mol. The lowest BCUT2D eigenvalue weighted by atomic mass is 10.4. The van der Waals surface area contributed by atoms with Crippen LogP contribution in [-0.2, 0) is 0 Å². The summed E-state index contributed by atoms with van der Waals surface area (Å²) >= 11 is 7.01. The molecule has 1 rings (SSSR count). The van der Waals surface area contributed by atoms with Crippen molar-refractivity contribution in [2.45, 2.75) is 9.79 Å². The summed E-state index contributed by atoms with van der Waals surface area (Å²) in [6.45, 7) is 0. The molecule has 1 aromatic rings. The Morgan fingerprint density at radius 3 is 2.27 bits per heavy atom. The molecule has 1 aromatic carbocycles. The highest BCUT2D eigenvalue weighted by molar-refractivity contribution is 9.10. The molecule has 0 saturated heterocycles. The molecule has 0 nitrogen and oxygen atoms in total. The molecule has 0 bridgehead atoms. The van der Waals surface area contributed by atoms with Crippen LogP contribution >= 0.6 is 39.5 Å². The van der Waals surface area contributed by atoms with E-state index in [1.807, 2.05) is 0 Å². The van der Waals surface area contributed by atoms with Gasteiger partial charge in [0.05, 0.1) is 0 Å². The zero-order chi connectivity index (χ0) is 8.27. The van der Waals surface area contributed by atoms with Crippen LogP contribution in [0.4, 0.5) is 0 Å². The first-order valence-corrected chi connectivity index (χ1v) is 6.39. The maximum Gasteiger partial charge on any atom is 0.0216 e. The topological polar surface area (TPSA) is 0 Å². The lowest BCUT2D eigenvalue weighted by Gasteiger charge is -2.03. The average molecular weight is 249 g/mol. The molecule has 0 aliphatic rings. The van der Waals surface area contributed by atoms with E-state index >= 15 is 0 Å². The van der Waals surface area contributed by atoms with Gasteiger partial charge in [0.1, 0.15) is 0 Å². The van der Waals surface area contributed by atoms with Gasteiger partial charge in [0, 0.05) is 14.3 Å². The van der Waals surface area contributed by atoms with E-state index in [1.54, 1.807) is 23.5 Å². The smallest absolute Gasteiger partial charge is 0.0216 e. The second-order valence-electron chi connectivity index (χ2n) is 2.00. The van der Waals surface area contributed by atoms with Gasteiger partial charge in [0.15, 0.2) is 0 Å². The predicted octanol–water partition coefficient (Wildman–Crippen LogP) is 3.89. The zero-order valence-electron chi connectivity index (χ0n) is 6.43. The Labute approximate surface area is 84.3 Å². The summed E-state index contributed by atoms with van der Waals surface area (Å²) in [7, 11) is 0. The molecule has 60 valence electrons. The molecule has 0 amide bonds. The third kappa shape index (κ3) is 2.42. The molecule has 0 saturated carbocycles. The van der Waals surface area contributed by atoms with Crippen molar-refractivity contribution in [3.05, 3.63) is 22.7 Å². The van der Waals surface area contributed by atoms with E-state index < -0.39 is 0 Å². The van der Waals surface area contributed by atoms with Crippen LogP contribution in [-0.4, -0.2) is 12.5 Å². The number of hydrogen-bond acceptors (Lipinski definition) is 2. The molecule has 0 atom stereocenters. The van der Waals surface area contributed by atoms with Crippen molar-refractivity contribution < 1.29 is 0 Å². The molecule has 0 aliphatic heterocycles. The van der Waals surface area contributed by atoms with E-state index in [9.17, 15) is 0 Å². The number of rotatable bonds is 2. The number of halogens is 1. The summed E-state index contributed by atoms with van der Waals surface area (Å²) in [4.78, 5) is 2.69. The number of thioether (sulfide) groups is 2. The van der Waals surface area contributed by atoms with Crippen molar-refractivity contribution in [3.8, 4) is 0 Å². The highest BCUT2D eigenvalue weighted by Crippen LogP contribution is 2.30. The van der Waals surface area contributed by atoms with Crippen LogP contribution in [0.2, 0.25) is 0 Å². The minimum absolute atomic E-state index is 1.15. The first kappa shape index (κ1) is 9.49. The van der Waals surface area contributed by atoms with E-state index in [-0.39, 0.29) is 0 Å². The first-order chi connectivity index (χ1) is 5.27. The summed E-state index contributed by atoms with van der Waals surface area (Å²) in [5.74, 6) is 0. The molecule has 0 heterocycles. The second kappa shape index (κ2) is 4.43. The summed E-state index contributed by atoms with van der Waals surface area (Å²) in [5, 5.41) is 0. The van der Waals surface area contributed by atoms with Gasteiger partial charge in [-0.2, -0.15) is 0 Å². The molecule has 3 heteroatoms. The predicted molar refractivity (Wildman–Crippen MR) is 57.7 cm³/mol. The van der Waals surface area contributed by atoms with Gasteiger partial charge < -0.3 is 0 Å². The van der Waals surface area contributed by atoms with E-state index in [0.29, 0.717) is 0 Å². The average Bonchev–Trinajstić information content (AvgIpc) is 2.04. The van der Waals surface area contributed by atoms with Gasteiger partial charge in [0.2, 0.25) is 0 Å². The fourth-order valence-corrected chi connectivity index (χ4v) is 2.80. The van der Waals surface area contributed by atoms with E-state index in [0.717, 1.165) is 4.47 Å². The van der Waals surface area contributed by atoms with Crippen molar-refractivity contribution in [1.29, 1.82) is 0 Å². The molecule has 0 aromatic heterocycles. The summed E-state index contributed by atoms with van der Waals surface area (Å²) in [6.07, 6.45) is 4.20. The fourth-order valence-electron chi connectivity index (χ4n) is 0.810. The number of hydrogen-bond donors (Lipinski definition) is 0. The summed E-state index contributed by atoms with van der Waals surface area (Å²) < 4.78 is 1.15. The van der Waals surface area contributed by atoms with Crippen LogP contribution in [0.15, 0.2) is 32.5 Å². The van der Waals surface area contributed by atoms with Crippen LogP contribution in [0.1, 0.15) is 0 Å². The summed E-state index contributed by atoms with van der Waals surface area (Å²) in [5.41, 5.74) is 0. The van der Waals surface area contributed by atoms with Crippen molar-refractivity contribution in [2.75, 3.05) is 12.5 Å². The van der Waals surface area contributed by atoms with Gasteiger partial charge >= 0.3 is 0 Å². The fraction of sp³-hybridized carbons (Fsp3) is 0.250. The van der Waals surface area contributed by atoms with Crippen LogP contribution in [0.25, 0.3) is 0 Å². The zero-order valence-corrected chi connectivity index (χ0v) is 9.65. The molecule has 11 heavy (non-hydrogen) atoms. The van der Waals surface area contributed by atoms with Crippen molar-refractivity contribution in [3.63, 3.8) is 0 Å². The SMILES string of the molecule is CSc1ccc(Br)cc1SC. The molecular weight excluding hydrogens is 240 g/mol. The molecule has 0 aliphatic carbocycles. The minimum atomic E-state index is 1.15. The molecular formula is C8H9BrS2. The van der Waals surface area contributed by atoms with Crippen molar-refractivity contribution in [1.82, 2.24) is 0 Å². The van der Waals surface area contributed by atoms with Gasteiger partial charge in [0.25, 0.3) is 0 Å². The molecule has 0 radical (unpaired) electrons. The lowest BCUT2D eigenvalue weighted by Crippen LogP contribution is -1.76. The third-order valence-electron chi connectivity index (χ3n) is 1.35. The highest BCUT2D eigenvalue weighted by Gasteiger charge is 1.99. The largest absolute Gasteiger partial charge is 0.128 e. The van der Waals surface area contributed by atoms with E-state index in [2.05, 4.69) is 46.6 Å². The first-order valence-electron chi connectivity index (χ1n) is 3.15. The molecule has 0 unspecified atom stereocenters. The van der Waals surface area contributed by atoms with Crippen molar-refractivity contribution >= 4 is 39.5 Å². The highest BCUT2D eigenvalue weighted by atomic mass is 79.9. The Balaban J connectivity index is 3.06. The Hall–Kier alpha value is 0.400. The Kier molecular flexibility index (Phi) is 3.82. The van der Waals surface area contributed by atoms with Gasteiger partial charge in [-0.3, -0.25) is 0 Å². The van der Waals surface area contributed by atoms with Crippen LogP contribution < -0.4 is 0 Å². The maximum atomic E-state index is 3.44. The normalized spacial score (nSPS) is 10.1. The standard InChI is InChI=1S/C8H9BrS2/c1-10-7-4-3-6(9)5-8(7)11-2/h3-5H,1-2H3. The Bertz CT molecular complexity index is 248.